The molecule has 0 aliphatic rings. The first-order chi connectivity index (χ1) is 1.73. The first kappa shape index (κ1) is 31.6. The molecule has 0 unspecified atom stereocenters. The van der Waals surface area contributed by atoms with Crippen molar-refractivity contribution in [2.75, 3.05) is 0 Å². The maximum atomic E-state index is 8.33. The summed E-state index contributed by atoms with van der Waals surface area (Å²) in [5.74, 6) is 0. The summed E-state index contributed by atoms with van der Waals surface area (Å²) in [5, 5.41) is 16.7. The fourth-order valence-electron chi connectivity index (χ4n) is 0. The van der Waals surface area contributed by atoms with E-state index in [2.05, 4.69) is 0 Å². The van der Waals surface area contributed by atoms with E-state index in [-0.39, 0.29) is 97.8 Å². The Labute approximate surface area is 117 Å². The van der Waals surface area contributed by atoms with Crippen LogP contribution in [-0.4, -0.2) is 66.9 Å². The van der Waals surface area contributed by atoms with E-state index in [9.17, 15) is 0 Å². The van der Waals surface area contributed by atoms with Gasteiger partial charge in [-0.15, -0.1) is 0 Å². The molecule has 3 nitrogen and oxygen atoms in total. The Kier molecular flexibility index (Phi) is 90.1. The summed E-state index contributed by atoms with van der Waals surface area (Å²) >= 11 is 0. The summed E-state index contributed by atoms with van der Waals surface area (Å²) in [4.78, 5) is 8.33. The maximum Gasteiger partial charge on any atom is 2.00 e. The second-order valence-corrected chi connectivity index (χ2v) is 0.250. The molecule has 7 heteroatoms. The fourth-order valence-corrected chi connectivity index (χ4v) is 0. The molecule has 0 saturated heterocycles. The predicted octanol–water partition coefficient (Wildman–Crippen LogP) is -2.99. The van der Waals surface area contributed by atoms with Crippen LogP contribution in [0, 0.1) is 0 Å². The van der Waals surface area contributed by atoms with Crippen LogP contribution in [0.25, 0.3) is 0 Å². The van der Waals surface area contributed by atoms with Gasteiger partial charge in [0.1, 0.15) is 0 Å². The van der Waals surface area contributed by atoms with Gasteiger partial charge in [0.05, 0.1) is 0 Å². The summed E-state index contributed by atoms with van der Waals surface area (Å²) in [7, 11) is 0. The van der Waals surface area contributed by atoms with Gasteiger partial charge in [0.2, 0.25) is 0 Å². The number of carbonyl (C=O) groups is 1. The van der Waals surface area contributed by atoms with Crippen LogP contribution >= 0.6 is 0 Å². The normalized spacial score (nSPS) is 3.00. The molecule has 0 bridgehead atoms. The number of carbonyl (C=O) groups excluding carboxylic acids is 1. The SMILES string of the molecule is O=C([O-])[O-].[Ca+2].[Fe].[H-].[H-].[Mg+2].[Mn]. The molecular weight excluding hydrogens is 235 g/mol. The first-order valence-corrected chi connectivity index (χ1v) is 0.612. The minimum Gasteiger partial charge on any atom is -1.00 e. The summed E-state index contributed by atoms with van der Waals surface area (Å²) in [5.41, 5.74) is 0. The Bertz CT molecular complexity index is 49.5. The number of rotatable bonds is 0. The van der Waals surface area contributed by atoms with E-state index in [1.54, 1.807) is 0 Å². The third-order valence-corrected chi connectivity index (χ3v) is 0. The first-order valence-electron chi connectivity index (χ1n) is 0.612. The number of hydrogen-bond acceptors (Lipinski definition) is 3. The minimum absolute atomic E-state index is 0. The Hall–Kier alpha value is 2.33. The number of hydrogen-bond donors (Lipinski definition) is 0. The van der Waals surface area contributed by atoms with Crippen molar-refractivity contribution >= 4 is 66.9 Å². The molecule has 1 radical (unpaired) electrons. The molecule has 0 spiro atoms. The van der Waals surface area contributed by atoms with E-state index in [0.717, 1.165) is 0 Å². The monoisotopic (exact) mass is 237 g/mol. The molecule has 8 heavy (non-hydrogen) atoms. The molecule has 0 heterocycles. The fraction of sp³-hybridized carbons (Fsp3) is 0. The van der Waals surface area contributed by atoms with Crippen LogP contribution < -0.4 is 10.2 Å². The third-order valence-electron chi connectivity index (χ3n) is 0. The Morgan fingerprint density at radius 3 is 1.38 bits per heavy atom. The van der Waals surface area contributed by atoms with Crippen molar-refractivity contribution in [3.05, 3.63) is 0 Å². The quantitative estimate of drug-likeness (QED) is 0.422. The molecule has 0 N–H and O–H groups in total. The number of carboxylic acid groups (broad SMARTS) is 2. The van der Waals surface area contributed by atoms with E-state index in [1.165, 1.54) is 0 Å². The molecule has 0 fully saturated rings. The van der Waals surface area contributed by atoms with Crippen LogP contribution in [0.15, 0.2) is 0 Å². The largest absolute Gasteiger partial charge is 2.00 e. The molecule has 0 aliphatic heterocycles. The van der Waals surface area contributed by atoms with Crippen LogP contribution in [0.2, 0.25) is 0 Å². The van der Waals surface area contributed by atoms with E-state index in [0.29, 0.717) is 0 Å². The molecule has 0 aromatic rings. The van der Waals surface area contributed by atoms with Crippen molar-refractivity contribution in [3.8, 4) is 0 Å². The topological polar surface area (TPSA) is 63.2 Å². The molecule has 43 valence electrons. The van der Waals surface area contributed by atoms with Crippen molar-refractivity contribution < 1.29 is 52.0 Å². The van der Waals surface area contributed by atoms with Gasteiger partial charge in [-0.1, -0.05) is 0 Å². The standard InChI is InChI=1S/CH2O3.Ca.Fe.Mg.Mn.2H/c2-1(3)4;;;;;;/h(H2,2,3,4);;;;;;/q;+2;;+2;;2*-1/p-2. The zero-order valence-corrected chi connectivity index (χ0v) is 9.78. The molecule has 0 aliphatic carbocycles. The van der Waals surface area contributed by atoms with Crippen molar-refractivity contribution in [2.24, 2.45) is 0 Å². The molecular formula is CH2CaFeMgMnO3. The van der Waals surface area contributed by atoms with Gasteiger partial charge in [0, 0.05) is 34.1 Å². The van der Waals surface area contributed by atoms with Crippen LogP contribution in [-0.2, 0) is 34.1 Å². The van der Waals surface area contributed by atoms with Crippen LogP contribution in [0.1, 0.15) is 2.85 Å². The van der Waals surface area contributed by atoms with Gasteiger partial charge in [0.15, 0.2) is 0 Å². The second kappa shape index (κ2) is 22.8. The zero-order chi connectivity index (χ0) is 3.58. The van der Waals surface area contributed by atoms with Gasteiger partial charge < -0.3 is 17.9 Å². The second-order valence-electron chi connectivity index (χ2n) is 0.250. The van der Waals surface area contributed by atoms with Gasteiger partial charge in [-0.3, -0.25) is 0 Å². The third kappa shape index (κ3) is 82.3. The summed E-state index contributed by atoms with van der Waals surface area (Å²) in [6, 6.07) is 0. The molecule has 0 aromatic carbocycles. The molecule has 0 atom stereocenters. The molecule has 0 rings (SSSR count). The van der Waals surface area contributed by atoms with Gasteiger partial charge in [-0.25, -0.2) is 0 Å². The van der Waals surface area contributed by atoms with Crippen LogP contribution in [0.5, 0.6) is 0 Å². The maximum absolute atomic E-state index is 8.33. The van der Waals surface area contributed by atoms with Crippen molar-refractivity contribution in [1.82, 2.24) is 0 Å². The van der Waals surface area contributed by atoms with E-state index < -0.39 is 6.16 Å². The van der Waals surface area contributed by atoms with E-state index in [4.69, 9.17) is 15.0 Å². The minimum atomic E-state index is -2.33. The van der Waals surface area contributed by atoms with Gasteiger partial charge >= 0.3 is 60.8 Å². The van der Waals surface area contributed by atoms with E-state index >= 15 is 0 Å². The van der Waals surface area contributed by atoms with Crippen molar-refractivity contribution in [2.45, 2.75) is 0 Å². The van der Waals surface area contributed by atoms with Gasteiger partial charge in [0.25, 0.3) is 0 Å². The predicted molar refractivity (Wildman–Crippen MR) is 19.1 cm³/mol. The molecule has 0 saturated carbocycles. The van der Waals surface area contributed by atoms with Crippen molar-refractivity contribution in [3.63, 3.8) is 0 Å². The molecule has 0 amide bonds. The van der Waals surface area contributed by atoms with Gasteiger partial charge in [-0.05, 0) is 6.16 Å². The smallest absolute Gasteiger partial charge is 1.00 e. The zero-order valence-electron chi connectivity index (χ0n) is 5.87. The van der Waals surface area contributed by atoms with Crippen LogP contribution in [0.3, 0.4) is 0 Å². The summed E-state index contributed by atoms with van der Waals surface area (Å²) < 4.78 is 0. The Morgan fingerprint density at radius 1 is 1.38 bits per heavy atom. The average Bonchev–Trinajstić information content (AvgIpc) is 0.811. The molecule has 0 aromatic heterocycles. The van der Waals surface area contributed by atoms with E-state index in [1.807, 2.05) is 0 Å². The Morgan fingerprint density at radius 2 is 1.38 bits per heavy atom. The average molecular weight is 237 g/mol. The summed E-state index contributed by atoms with van der Waals surface area (Å²) in [6.07, 6.45) is -2.33. The summed E-state index contributed by atoms with van der Waals surface area (Å²) in [6.45, 7) is 0. The van der Waals surface area contributed by atoms with Gasteiger partial charge in [-0.2, -0.15) is 0 Å². The van der Waals surface area contributed by atoms with Crippen molar-refractivity contribution in [1.29, 1.82) is 0 Å². The van der Waals surface area contributed by atoms with Crippen LogP contribution in [0.4, 0.5) is 4.79 Å². The Balaban J connectivity index is -0.00000000300.